The molecular weight excluding hydrogens is 769 g/mol. The van der Waals surface area contributed by atoms with Gasteiger partial charge in [-0.15, -0.1) is 11.8 Å². The van der Waals surface area contributed by atoms with Crippen molar-refractivity contribution >= 4 is 23.7 Å². The molecule has 0 saturated heterocycles. The standard InChI is InChI=1S/C56H110O4S/c1-5-7-9-11-13-15-17-19-21-23-25-27-29-31-33-35-37-39-41-43-45-47-49-51-59-55(57)53(3)61-54(4)56(58)60-52-50-48-46-44-42-40-38-36-34-32-30-28-26-24-22-20-18-16-14-12-10-8-6-2/h53-54H,5-52H2,1-4H3. The predicted octanol–water partition coefficient (Wildman–Crippen LogP) is 19.6. The first-order chi connectivity index (χ1) is 30.0. The Morgan fingerprint density at radius 1 is 0.279 bits per heavy atom. The number of unbranched alkanes of at least 4 members (excludes halogenated alkanes) is 44. The first-order valence-electron chi connectivity index (χ1n) is 28.0. The molecule has 0 rings (SSSR count). The van der Waals surface area contributed by atoms with Crippen LogP contribution in [0.25, 0.3) is 0 Å². The van der Waals surface area contributed by atoms with Gasteiger partial charge in [0.1, 0.15) is 10.5 Å². The fourth-order valence-corrected chi connectivity index (χ4v) is 9.74. The van der Waals surface area contributed by atoms with E-state index in [2.05, 4.69) is 13.8 Å². The average Bonchev–Trinajstić information content (AvgIpc) is 3.26. The third-order valence-corrected chi connectivity index (χ3v) is 14.3. The number of hydrogen-bond donors (Lipinski definition) is 0. The van der Waals surface area contributed by atoms with E-state index in [1.165, 1.54) is 281 Å². The Hall–Kier alpha value is -0.710. The Kier molecular flexibility index (Phi) is 51.3. The number of rotatable bonds is 52. The Morgan fingerprint density at radius 3 is 0.590 bits per heavy atom. The molecule has 0 bridgehead atoms. The summed E-state index contributed by atoms with van der Waals surface area (Å²) in [4.78, 5) is 25.0. The van der Waals surface area contributed by atoms with Crippen LogP contribution in [0.2, 0.25) is 0 Å². The number of carbonyl (C=O) groups is 2. The molecule has 364 valence electrons. The molecule has 0 aromatic carbocycles. The van der Waals surface area contributed by atoms with Gasteiger partial charge in [0.15, 0.2) is 0 Å². The maximum atomic E-state index is 12.5. The number of carbonyl (C=O) groups excluding carboxylic acids is 2. The molecule has 0 amide bonds. The van der Waals surface area contributed by atoms with Gasteiger partial charge in [0.2, 0.25) is 0 Å². The zero-order valence-corrected chi connectivity index (χ0v) is 43.0. The monoisotopic (exact) mass is 879 g/mol. The van der Waals surface area contributed by atoms with Gasteiger partial charge in [-0.25, -0.2) is 0 Å². The summed E-state index contributed by atoms with van der Waals surface area (Å²) in [5.74, 6) is -0.420. The van der Waals surface area contributed by atoms with E-state index in [0.717, 1.165) is 25.7 Å². The lowest BCUT2D eigenvalue weighted by molar-refractivity contribution is -0.142. The zero-order chi connectivity index (χ0) is 44.4. The van der Waals surface area contributed by atoms with E-state index < -0.39 is 0 Å². The minimum absolute atomic E-state index is 0.210. The highest BCUT2D eigenvalue weighted by Gasteiger charge is 2.23. The van der Waals surface area contributed by atoms with E-state index in [1.807, 2.05) is 13.8 Å². The van der Waals surface area contributed by atoms with Crippen molar-refractivity contribution in [2.24, 2.45) is 0 Å². The highest BCUT2D eigenvalue weighted by Crippen LogP contribution is 2.21. The van der Waals surface area contributed by atoms with E-state index >= 15 is 0 Å². The van der Waals surface area contributed by atoms with E-state index in [1.54, 1.807) is 0 Å². The minimum atomic E-state index is -0.355. The fraction of sp³-hybridized carbons (Fsp3) is 0.964. The lowest BCUT2D eigenvalue weighted by Gasteiger charge is -2.16. The Bertz CT molecular complexity index is 796. The van der Waals surface area contributed by atoms with Gasteiger partial charge in [-0.05, 0) is 26.7 Å². The maximum Gasteiger partial charge on any atom is 0.318 e. The van der Waals surface area contributed by atoms with Crippen LogP contribution in [0, 0.1) is 0 Å². The highest BCUT2D eigenvalue weighted by atomic mass is 32.2. The number of esters is 2. The van der Waals surface area contributed by atoms with Gasteiger partial charge in [-0.1, -0.05) is 296 Å². The number of hydrogen-bond acceptors (Lipinski definition) is 5. The smallest absolute Gasteiger partial charge is 0.318 e. The third kappa shape index (κ3) is 48.6. The molecule has 0 aromatic heterocycles. The first kappa shape index (κ1) is 60.3. The summed E-state index contributed by atoms with van der Waals surface area (Å²) < 4.78 is 11.1. The number of ether oxygens (including phenoxy) is 2. The van der Waals surface area contributed by atoms with Crippen molar-refractivity contribution in [3.05, 3.63) is 0 Å². The van der Waals surface area contributed by atoms with Gasteiger partial charge < -0.3 is 9.47 Å². The van der Waals surface area contributed by atoms with Gasteiger partial charge >= 0.3 is 11.9 Å². The molecule has 0 heterocycles. The van der Waals surface area contributed by atoms with E-state index in [4.69, 9.17) is 9.47 Å². The maximum absolute atomic E-state index is 12.5. The van der Waals surface area contributed by atoms with Gasteiger partial charge in [0.25, 0.3) is 0 Å². The van der Waals surface area contributed by atoms with Crippen LogP contribution >= 0.6 is 11.8 Å². The summed E-state index contributed by atoms with van der Waals surface area (Å²) in [5, 5.41) is -0.711. The lowest BCUT2D eigenvalue weighted by Crippen LogP contribution is -2.25. The van der Waals surface area contributed by atoms with E-state index in [0.29, 0.717) is 13.2 Å². The molecule has 0 fully saturated rings. The normalized spacial score (nSPS) is 12.5. The summed E-state index contributed by atoms with van der Waals surface area (Å²) in [5.41, 5.74) is 0. The molecule has 0 radical (unpaired) electrons. The SMILES string of the molecule is CCCCCCCCCCCCCCCCCCCCCCCCCOC(=O)C(C)SC(C)C(=O)OCCCCCCCCCCCCCCCCCCCCCCCCC. The van der Waals surface area contributed by atoms with Crippen molar-refractivity contribution in [2.75, 3.05) is 13.2 Å². The van der Waals surface area contributed by atoms with Crippen LogP contribution in [-0.2, 0) is 19.1 Å². The highest BCUT2D eigenvalue weighted by molar-refractivity contribution is 8.01. The second-order valence-corrected chi connectivity index (χ2v) is 21.0. The summed E-state index contributed by atoms with van der Waals surface area (Å²) in [7, 11) is 0. The van der Waals surface area contributed by atoms with Crippen LogP contribution in [0.5, 0.6) is 0 Å². The van der Waals surface area contributed by atoms with Crippen molar-refractivity contribution in [1.29, 1.82) is 0 Å². The Balaban J connectivity index is 3.41. The van der Waals surface area contributed by atoms with Gasteiger partial charge in [-0.2, -0.15) is 0 Å². The molecule has 0 spiro atoms. The van der Waals surface area contributed by atoms with Crippen LogP contribution in [0.4, 0.5) is 0 Å². The summed E-state index contributed by atoms with van der Waals surface area (Å²) in [6, 6.07) is 0. The Morgan fingerprint density at radius 2 is 0.426 bits per heavy atom. The van der Waals surface area contributed by atoms with Crippen LogP contribution in [0.15, 0.2) is 0 Å². The van der Waals surface area contributed by atoms with E-state index in [-0.39, 0.29) is 22.4 Å². The molecule has 0 aliphatic rings. The van der Waals surface area contributed by atoms with Gasteiger partial charge in [0.05, 0.1) is 13.2 Å². The molecule has 2 unspecified atom stereocenters. The summed E-state index contributed by atoms with van der Waals surface area (Å²) in [6.07, 6.45) is 63.3. The molecule has 0 aliphatic carbocycles. The molecule has 4 nitrogen and oxygen atoms in total. The van der Waals surface area contributed by atoms with Crippen LogP contribution < -0.4 is 0 Å². The lowest BCUT2D eigenvalue weighted by atomic mass is 10.0. The molecular formula is C56H110O4S. The zero-order valence-electron chi connectivity index (χ0n) is 42.1. The second-order valence-electron chi connectivity index (χ2n) is 19.3. The van der Waals surface area contributed by atoms with E-state index in [9.17, 15) is 9.59 Å². The molecule has 0 N–H and O–H groups in total. The van der Waals surface area contributed by atoms with Crippen molar-refractivity contribution in [1.82, 2.24) is 0 Å². The van der Waals surface area contributed by atoms with Gasteiger partial charge in [0, 0.05) is 0 Å². The molecule has 2 atom stereocenters. The molecule has 61 heavy (non-hydrogen) atoms. The first-order valence-corrected chi connectivity index (χ1v) is 29.0. The third-order valence-electron chi connectivity index (χ3n) is 13.1. The topological polar surface area (TPSA) is 52.6 Å². The summed E-state index contributed by atoms with van der Waals surface area (Å²) >= 11 is 1.35. The molecule has 0 saturated carbocycles. The molecule has 0 aromatic rings. The second kappa shape index (κ2) is 51.9. The molecule has 5 heteroatoms. The van der Waals surface area contributed by atoms with Crippen molar-refractivity contribution < 1.29 is 19.1 Å². The van der Waals surface area contributed by atoms with Crippen LogP contribution in [0.1, 0.15) is 323 Å². The largest absolute Gasteiger partial charge is 0.465 e. The van der Waals surface area contributed by atoms with Crippen molar-refractivity contribution in [3.63, 3.8) is 0 Å². The minimum Gasteiger partial charge on any atom is -0.465 e. The average molecular weight is 880 g/mol. The Labute approximate surface area is 387 Å². The predicted molar refractivity (Wildman–Crippen MR) is 272 cm³/mol. The van der Waals surface area contributed by atoms with Gasteiger partial charge in [-0.3, -0.25) is 9.59 Å². The van der Waals surface area contributed by atoms with Crippen molar-refractivity contribution in [2.45, 2.75) is 334 Å². The number of thioether (sulfide) groups is 1. The van der Waals surface area contributed by atoms with Crippen LogP contribution in [-0.4, -0.2) is 35.7 Å². The fourth-order valence-electron chi connectivity index (χ4n) is 8.77. The quantitative estimate of drug-likeness (QED) is 0.0450. The van der Waals surface area contributed by atoms with Crippen molar-refractivity contribution in [3.8, 4) is 0 Å². The summed E-state index contributed by atoms with van der Waals surface area (Å²) in [6.45, 7) is 9.26. The van der Waals surface area contributed by atoms with Crippen LogP contribution in [0.3, 0.4) is 0 Å². The molecule has 0 aliphatic heterocycles.